The summed E-state index contributed by atoms with van der Waals surface area (Å²) in [6.45, 7) is 0. The molecule has 2 rings (SSSR count). The van der Waals surface area contributed by atoms with Crippen LogP contribution in [0.5, 0.6) is 0 Å². The van der Waals surface area contributed by atoms with Crippen molar-refractivity contribution in [1.29, 1.82) is 0 Å². The van der Waals surface area contributed by atoms with Crippen LogP contribution in [0, 0.1) is 0 Å². The van der Waals surface area contributed by atoms with Gasteiger partial charge in [-0.1, -0.05) is 28.1 Å². The zero-order chi connectivity index (χ0) is 10.1. The van der Waals surface area contributed by atoms with Crippen molar-refractivity contribution in [2.45, 2.75) is 6.10 Å². The molecule has 0 aliphatic carbocycles. The van der Waals surface area contributed by atoms with E-state index in [1.807, 2.05) is 24.3 Å². The molecular formula is C9H6BrNO2S. The van der Waals surface area contributed by atoms with Crippen LogP contribution in [0.2, 0.25) is 0 Å². The van der Waals surface area contributed by atoms with Gasteiger partial charge in [-0.3, -0.25) is 10.1 Å². The Bertz CT molecular complexity index is 390. The lowest BCUT2D eigenvalue weighted by molar-refractivity contribution is -0.123. The lowest BCUT2D eigenvalue weighted by Crippen LogP contribution is -2.20. The van der Waals surface area contributed by atoms with Gasteiger partial charge in [0.1, 0.15) is 0 Å². The normalized spacial score (nSPS) is 20.5. The van der Waals surface area contributed by atoms with Crippen LogP contribution in [-0.4, -0.2) is 11.1 Å². The van der Waals surface area contributed by atoms with Gasteiger partial charge >= 0.3 is 0 Å². The van der Waals surface area contributed by atoms with Crippen LogP contribution >= 0.6 is 28.1 Å². The van der Waals surface area contributed by atoms with Gasteiger partial charge < -0.3 is 4.74 Å². The van der Waals surface area contributed by atoms with Gasteiger partial charge in [0.05, 0.1) is 0 Å². The number of nitrogens with one attached hydrogen (secondary N) is 1. The molecule has 0 spiro atoms. The Balaban J connectivity index is 2.27. The molecule has 1 saturated heterocycles. The molecule has 14 heavy (non-hydrogen) atoms. The number of hydrogen-bond acceptors (Lipinski definition) is 3. The summed E-state index contributed by atoms with van der Waals surface area (Å²) >= 11 is 8.05. The highest BCUT2D eigenvalue weighted by Crippen LogP contribution is 2.23. The number of hydrogen-bond donors (Lipinski definition) is 1. The van der Waals surface area contributed by atoms with Crippen molar-refractivity contribution in [3.8, 4) is 0 Å². The summed E-state index contributed by atoms with van der Waals surface area (Å²) in [5, 5.41) is 2.58. The quantitative estimate of drug-likeness (QED) is 0.794. The van der Waals surface area contributed by atoms with Crippen LogP contribution in [0.4, 0.5) is 0 Å². The number of rotatable bonds is 1. The number of thiocarbonyl (C=S) groups is 1. The Labute approximate surface area is 94.6 Å². The molecule has 1 unspecified atom stereocenters. The molecule has 3 nitrogen and oxygen atoms in total. The molecular weight excluding hydrogens is 266 g/mol. The second kappa shape index (κ2) is 3.67. The predicted octanol–water partition coefficient (Wildman–Crippen LogP) is 1.92. The minimum atomic E-state index is -0.601. The van der Waals surface area contributed by atoms with Gasteiger partial charge in [-0.25, -0.2) is 0 Å². The largest absolute Gasteiger partial charge is 0.452 e. The highest BCUT2D eigenvalue weighted by Gasteiger charge is 2.30. The van der Waals surface area contributed by atoms with Gasteiger partial charge in [0, 0.05) is 10.0 Å². The van der Waals surface area contributed by atoms with Crippen LogP contribution in [0.1, 0.15) is 11.7 Å². The summed E-state index contributed by atoms with van der Waals surface area (Å²) in [6, 6.07) is 7.35. The highest BCUT2D eigenvalue weighted by atomic mass is 79.9. The fourth-order valence-corrected chi connectivity index (χ4v) is 1.67. The van der Waals surface area contributed by atoms with Crippen LogP contribution < -0.4 is 5.32 Å². The maximum atomic E-state index is 11.3. The van der Waals surface area contributed by atoms with Crippen molar-refractivity contribution in [1.82, 2.24) is 5.32 Å². The minimum absolute atomic E-state index is 0.142. The second-order valence-electron chi connectivity index (χ2n) is 2.83. The summed E-state index contributed by atoms with van der Waals surface area (Å²) in [6.07, 6.45) is -0.601. The van der Waals surface area contributed by atoms with Gasteiger partial charge in [-0.15, -0.1) is 0 Å². The summed E-state index contributed by atoms with van der Waals surface area (Å²) in [5.41, 5.74) is 0.797. The van der Waals surface area contributed by atoms with Gasteiger partial charge in [-0.05, 0) is 24.4 Å². The van der Waals surface area contributed by atoms with E-state index in [0.29, 0.717) is 0 Å². The van der Waals surface area contributed by atoms with E-state index in [-0.39, 0.29) is 11.1 Å². The Morgan fingerprint density at radius 1 is 1.36 bits per heavy atom. The van der Waals surface area contributed by atoms with Crippen molar-refractivity contribution >= 4 is 39.2 Å². The number of amides is 1. The summed E-state index contributed by atoms with van der Waals surface area (Å²) in [7, 11) is 0. The van der Waals surface area contributed by atoms with Crippen molar-refractivity contribution in [3.05, 3.63) is 34.3 Å². The smallest absolute Gasteiger partial charge is 0.273 e. The highest BCUT2D eigenvalue weighted by molar-refractivity contribution is 9.10. The number of carbonyl (C=O) groups excluding carboxylic acids is 1. The van der Waals surface area contributed by atoms with E-state index in [4.69, 9.17) is 17.0 Å². The number of carbonyl (C=O) groups is 1. The number of ether oxygens (including phenoxy) is 1. The fraction of sp³-hybridized carbons (Fsp3) is 0.111. The molecule has 0 aromatic heterocycles. The first kappa shape index (κ1) is 9.61. The Kier molecular flexibility index (Phi) is 2.52. The van der Waals surface area contributed by atoms with E-state index in [2.05, 4.69) is 21.2 Å². The molecule has 1 aliphatic heterocycles. The maximum Gasteiger partial charge on any atom is 0.273 e. The number of benzene rings is 1. The maximum absolute atomic E-state index is 11.3. The van der Waals surface area contributed by atoms with Crippen LogP contribution in [0.3, 0.4) is 0 Å². The summed E-state index contributed by atoms with van der Waals surface area (Å²) < 4.78 is 6.12. The van der Waals surface area contributed by atoms with Crippen molar-refractivity contribution < 1.29 is 9.53 Å². The molecule has 1 atom stereocenters. The third-order valence-electron chi connectivity index (χ3n) is 1.86. The predicted molar refractivity (Wildman–Crippen MR) is 58.7 cm³/mol. The van der Waals surface area contributed by atoms with Gasteiger partial charge in [-0.2, -0.15) is 0 Å². The van der Waals surface area contributed by atoms with Crippen LogP contribution in [-0.2, 0) is 9.53 Å². The van der Waals surface area contributed by atoms with Crippen molar-refractivity contribution in [2.75, 3.05) is 0 Å². The minimum Gasteiger partial charge on any atom is -0.452 e. The number of halogens is 1. The molecule has 1 N–H and O–H groups in total. The second-order valence-corrected chi connectivity index (χ2v) is 4.11. The molecule has 1 heterocycles. The van der Waals surface area contributed by atoms with E-state index in [0.717, 1.165) is 10.0 Å². The van der Waals surface area contributed by atoms with Crippen LogP contribution in [0.15, 0.2) is 28.7 Å². The molecule has 0 radical (unpaired) electrons. The molecule has 0 bridgehead atoms. The molecule has 1 aliphatic rings. The Morgan fingerprint density at radius 3 is 2.50 bits per heavy atom. The van der Waals surface area contributed by atoms with E-state index >= 15 is 0 Å². The lowest BCUT2D eigenvalue weighted by atomic mass is 10.1. The fourth-order valence-electron chi connectivity index (χ4n) is 1.21. The monoisotopic (exact) mass is 271 g/mol. The zero-order valence-corrected chi connectivity index (χ0v) is 9.39. The summed E-state index contributed by atoms with van der Waals surface area (Å²) in [4.78, 5) is 11.3. The molecule has 0 saturated carbocycles. The Hall–Kier alpha value is -0.940. The zero-order valence-electron chi connectivity index (χ0n) is 6.99. The van der Waals surface area contributed by atoms with Crippen molar-refractivity contribution in [3.63, 3.8) is 0 Å². The first-order valence-electron chi connectivity index (χ1n) is 3.94. The van der Waals surface area contributed by atoms with Crippen molar-refractivity contribution in [2.24, 2.45) is 0 Å². The van der Waals surface area contributed by atoms with Gasteiger partial charge in [0.25, 0.3) is 11.1 Å². The topological polar surface area (TPSA) is 38.3 Å². The van der Waals surface area contributed by atoms with Gasteiger partial charge in [0.15, 0.2) is 0 Å². The molecule has 72 valence electrons. The van der Waals surface area contributed by atoms with E-state index in [1.54, 1.807) is 0 Å². The average molecular weight is 272 g/mol. The molecule has 1 fully saturated rings. The van der Waals surface area contributed by atoms with E-state index < -0.39 is 6.10 Å². The molecule has 1 aromatic carbocycles. The third-order valence-corrected chi connectivity index (χ3v) is 2.59. The average Bonchev–Trinajstić information content (AvgIpc) is 2.47. The van der Waals surface area contributed by atoms with E-state index in [1.165, 1.54) is 0 Å². The first-order chi connectivity index (χ1) is 6.66. The Morgan fingerprint density at radius 2 is 2.00 bits per heavy atom. The third kappa shape index (κ3) is 1.78. The van der Waals surface area contributed by atoms with Crippen LogP contribution in [0.25, 0.3) is 0 Å². The standard InChI is InChI=1S/C9H6BrNO2S/c10-6-3-1-5(2-4-6)7-8(12)11-9(14)13-7/h1-4,7H,(H,11,12,14). The van der Waals surface area contributed by atoms with Gasteiger partial charge in [0.2, 0.25) is 6.10 Å². The molecule has 5 heteroatoms. The first-order valence-corrected chi connectivity index (χ1v) is 5.14. The summed E-state index contributed by atoms with van der Waals surface area (Å²) in [5.74, 6) is -0.211. The molecule has 1 amide bonds. The molecule has 1 aromatic rings. The lowest BCUT2D eigenvalue weighted by Gasteiger charge is -2.06. The SMILES string of the molecule is O=C1NC(=S)OC1c1ccc(Br)cc1. The van der Waals surface area contributed by atoms with E-state index in [9.17, 15) is 4.79 Å².